The van der Waals surface area contributed by atoms with Crippen LogP contribution in [-0.2, 0) is 0 Å². The molecule has 1 unspecified atom stereocenters. The summed E-state index contributed by atoms with van der Waals surface area (Å²) in [4.78, 5) is 24.9. The van der Waals surface area contributed by atoms with Gasteiger partial charge in [0.2, 0.25) is 0 Å². The van der Waals surface area contributed by atoms with E-state index < -0.39 is 5.97 Å². The number of nitrogens with zero attached hydrogens (tertiary/aromatic N) is 1. The van der Waals surface area contributed by atoms with E-state index in [-0.39, 0.29) is 17.0 Å². The van der Waals surface area contributed by atoms with E-state index in [0.717, 1.165) is 11.1 Å². The summed E-state index contributed by atoms with van der Waals surface area (Å²) in [5.74, 6) is -0.579. The molecule has 0 aliphatic carbocycles. The van der Waals surface area contributed by atoms with Gasteiger partial charge in [0.05, 0.1) is 28.6 Å². The van der Waals surface area contributed by atoms with E-state index in [1.807, 2.05) is 19.9 Å². The Morgan fingerprint density at radius 1 is 1.09 bits per heavy atom. The lowest BCUT2D eigenvalue weighted by molar-refractivity contribution is 0.0698. The number of nitrogens with one attached hydrogen (secondary N) is 1. The minimum Gasteiger partial charge on any atom is -0.478 e. The van der Waals surface area contributed by atoms with Gasteiger partial charge in [-0.2, -0.15) is 5.26 Å². The number of rotatable bonds is 5. The van der Waals surface area contributed by atoms with Gasteiger partial charge in [-0.3, -0.25) is 4.79 Å². The predicted octanol–water partition coefficient (Wildman–Crippen LogP) is 5.82. The lowest BCUT2D eigenvalue weighted by Gasteiger charge is -2.20. The van der Waals surface area contributed by atoms with Crippen LogP contribution in [0, 0.1) is 25.2 Å². The Balaban J connectivity index is 1.88. The van der Waals surface area contributed by atoms with E-state index in [1.54, 1.807) is 55.5 Å². The second-order valence-electron chi connectivity index (χ2n) is 8.02. The van der Waals surface area contributed by atoms with Crippen LogP contribution in [0.3, 0.4) is 0 Å². The highest BCUT2D eigenvalue weighted by Crippen LogP contribution is 2.32. The minimum atomic E-state index is -1.02. The van der Waals surface area contributed by atoms with Crippen molar-refractivity contribution in [2.24, 2.45) is 0 Å². The fourth-order valence-corrected chi connectivity index (χ4v) is 3.97. The van der Waals surface area contributed by atoms with Crippen molar-refractivity contribution in [3.63, 3.8) is 0 Å². The highest BCUT2D eigenvalue weighted by Gasteiger charge is 2.20. The van der Waals surface area contributed by atoms with E-state index in [9.17, 15) is 14.7 Å². The van der Waals surface area contributed by atoms with E-state index in [4.69, 9.17) is 9.68 Å². The molecule has 1 aromatic heterocycles. The Kier molecular flexibility index (Phi) is 5.72. The van der Waals surface area contributed by atoms with Crippen molar-refractivity contribution in [2.45, 2.75) is 26.8 Å². The number of carboxylic acids is 1. The molecule has 164 valence electrons. The molecule has 6 heteroatoms. The molecule has 4 rings (SSSR count). The standard InChI is InChI=1S/C27H22N2O4/c1-15-12-21(17(3)29-23-7-5-4-6-20(23)27(31)32)26-22(13-15)24(30)16(2)25(33-26)19-10-8-18(14-28)9-11-19/h4-13,17,29H,1-3H3,(H,31,32). The van der Waals surface area contributed by atoms with Crippen LogP contribution in [0.2, 0.25) is 0 Å². The number of hydrogen-bond acceptors (Lipinski definition) is 5. The second-order valence-corrected chi connectivity index (χ2v) is 8.02. The van der Waals surface area contributed by atoms with E-state index in [0.29, 0.717) is 39.1 Å². The molecule has 0 aliphatic rings. The summed E-state index contributed by atoms with van der Waals surface area (Å²) < 4.78 is 6.32. The summed E-state index contributed by atoms with van der Waals surface area (Å²) >= 11 is 0. The van der Waals surface area contributed by atoms with Crippen molar-refractivity contribution in [3.05, 3.63) is 98.7 Å². The largest absolute Gasteiger partial charge is 0.478 e. The van der Waals surface area contributed by atoms with Gasteiger partial charge in [0, 0.05) is 22.4 Å². The Labute approximate surface area is 190 Å². The van der Waals surface area contributed by atoms with Crippen LogP contribution in [0.25, 0.3) is 22.3 Å². The first-order valence-corrected chi connectivity index (χ1v) is 10.5. The summed E-state index contributed by atoms with van der Waals surface area (Å²) in [6, 6.07) is 19.1. The summed E-state index contributed by atoms with van der Waals surface area (Å²) in [6.45, 7) is 5.53. The Hall–Kier alpha value is -4.37. The summed E-state index contributed by atoms with van der Waals surface area (Å²) in [5, 5.41) is 22.3. The fourth-order valence-electron chi connectivity index (χ4n) is 3.97. The molecule has 0 bridgehead atoms. The molecule has 0 saturated heterocycles. The third-order valence-corrected chi connectivity index (χ3v) is 5.66. The van der Waals surface area contributed by atoms with Gasteiger partial charge in [-0.1, -0.05) is 18.2 Å². The number of aryl methyl sites for hydroxylation is 1. The summed E-state index contributed by atoms with van der Waals surface area (Å²) in [6.07, 6.45) is 0. The molecule has 2 N–H and O–H groups in total. The zero-order valence-electron chi connectivity index (χ0n) is 18.5. The number of para-hydroxylation sites is 1. The van der Waals surface area contributed by atoms with Crippen molar-refractivity contribution >= 4 is 22.6 Å². The smallest absolute Gasteiger partial charge is 0.337 e. The Morgan fingerprint density at radius 2 is 1.79 bits per heavy atom. The fraction of sp³-hybridized carbons (Fsp3) is 0.148. The SMILES string of the molecule is Cc1cc(C(C)Nc2ccccc2C(=O)O)c2oc(-c3ccc(C#N)cc3)c(C)c(=O)c2c1. The first kappa shape index (κ1) is 21.8. The quantitative estimate of drug-likeness (QED) is 0.407. The third-order valence-electron chi connectivity index (χ3n) is 5.66. The van der Waals surface area contributed by atoms with Gasteiger partial charge in [0.15, 0.2) is 5.43 Å². The number of benzene rings is 3. The molecule has 0 radical (unpaired) electrons. The van der Waals surface area contributed by atoms with E-state index in [2.05, 4.69) is 11.4 Å². The molecule has 0 saturated carbocycles. The van der Waals surface area contributed by atoms with Crippen molar-refractivity contribution < 1.29 is 14.3 Å². The molecule has 0 fully saturated rings. The highest BCUT2D eigenvalue weighted by molar-refractivity contribution is 5.94. The normalized spacial score (nSPS) is 11.7. The summed E-state index contributed by atoms with van der Waals surface area (Å²) in [7, 11) is 0. The average Bonchev–Trinajstić information content (AvgIpc) is 2.81. The zero-order chi connectivity index (χ0) is 23.7. The lowest BCUT2D eigenvalue weighted by Crippen LogP contribution is -2.14. The highest BCUT2D eigenvalue weighted by atomic mass is 16.4. The van der Waals surface area contributed by atoms with E-state index in [1.165, 1.54) is 6.07 Å². The number of hydrogen-bond donors (Lipinski definition) is 2. The number of carbonyl (C=O) groups is 1. The first-order valence-electron chi connectivity index (χ1n) is 10.5. The van der Waals surface area contributed by atoms with Gasteiger partial charge in [-0.15, -0.1) is 0 Å². The molecule has 3 aromatic carbocycles. The van der Waals surface area contributed by atoms with Crippen LogP contribution in [0.15, 0.2) is 69.9 Å². The second kappa shape index (κ2) is 8.64. The molecule has 0 spiro atoms. The summed E-state index contributed by atoms with van der Waals surface area (Å²) in [5.41, 5.74) is 4.32. The average molecular weight is 438 g/mol. The Morgan fingerprint density at radius 3 is 2.45 bits per heavy atom. The molecule has 4 aromatic rings. The molecule has 1 atom stereocenters. The van der Waals surface area contributed by atoms with Gasteiger partial charge in [0.25, 0.3) is 0 Å². The van der Waals surface area contributed by atoms with Crippen molar-refractivity contribution in [3.8, 4) is 17.4 Å². The van der Waals surface area contributed by atoms with Gasteiger partial charge >= 0.3 is 5.97 Å². The van der Waals surface area contributed by atoms with Crippen molar-refractivity contribution in [2.75, 3.05) is 5.32 Å². The maximum atomic E-state index is 13.3. The van der Waals surface area contributed by atoms with Crippen molar-refractivity contribution in [1.29, 1.82) is 5.26 Å². The van der Waals surface area contributed by atoms with Crippen LogP contribution >= 0.6 is 0 Å². The van der Waals surface area contributed by atoms with Crippen LogP contribution in [0.4, 0.5) is 5.69 Å². The molecule has 6 nitrogen and oxygen atoms in total. The maximum absolute atomic E-state index is 13.3. The van der Waals surface area contributed by atoms with Crippen molar-refractivity contribution in [1.82, 2.24) is 0 Å². The van der Waals surface area contributed by atoms with Crippen LogP contribution in [0.5, 0.6) is 0 Å². The van der Waals surface area contributed by atoms with Gasteiger partial charge in [0.1, 0.15) is 11.3 Å². The molecule has 1 heterocycles. The number of carboxylic acid groups (broad SMARTS) is 1. The molecule has 0 aliphatic heterocycles. The number of nitriles is 1. The van der Waals surface area contributed by atoms with Gasteiger partial charge < -0.3 is 14.8 Å². The molecular formula is C27H22N2O4. The van der Waals surface area contributed by atoms with Crippen LogP contribution in [-0.4, -0.2) is 11.1 Å². The zero-order valence-corrected chi connectivity index (χ0v) is 18.5. The number of aromatic carboxylic acids is 1. The predicted molar refractivity (Wildman–Crippen MR) is 128 cm³/mol. The molecular weight excluding hydrogens is 416 g/mol. The Bertz CT molecular complexity index is 1480. The molecule has 0 amide bonds. The number of fused-ring (bicyclic) bond motifs is 1. The third kappa shape index (κ3) is 4.09. The maximum Gasteiger partial charge on any atom is 0.337 e. The number of anilines is 1. The van der Waals surface area contributed by atoms with Crippen LogP contribution in [0.1, 0.15) is 45.6 Å². The van der Waals surface area contributed by atoms with Gasteiger partial charge in [-0.25, -0.2) is 4.79 Å². The van der Waals surface area contributed by atoms with E-state index >= 15 is 0 Å². The van der Waals surface area contributed by atoms with Crippen LogP contribution < -0.4 is 10.7 Å². The monoisotopic (exact) mass is 438 g/mol. The first-order chi connectivity index (χ1) is 15.8. The van der Waals surface area contributed by atoms with Gasteiger partial charge in [-0.05, 0) is 68.8 Å². The topological polar surface area (TPSA) is 103 Å². The molecule has 33 heavy (non-hydrogen) atoms. The minimum absolute atomic E-state index is 0.126. The lowest BCUT2D eigenvalue weighted by atomic mass is 9.98.